The van der Waals surface area contributed by atoms with E-state index in [1.807, 2.05) is 45.0 Å². The summed E-state index contributed by atoms with van der Waals surface area (Å²) in [5.41, 5.74) is 2.54. The number of ether oxygens (including phenoxy) is 2. The van der Waals surface area contributed by atoms with Crippen molar-refractivity contribution in [2.75, 3.05) is 57.6 Å². The highest BCUT2D eigenvalue weighted by Crippen LogP contribution is 2.29. The number of benzene rings is 1. The summed E-state index contributed by atoms with van der Waals surface area (Å²) in [6.45, 7) is 13.3. The quantitative estimate of drug-likeness (QED) is 0.672. The van der Waals surface area contributed by atoms with Gasteiger partial charge in [-0.1, -0.05) is 0 Å². The van der Waals surface area contributed by atoms with E-state index in [-0.39, 0.29) is 5.56 Å². The van der Waals surface area contributed by atoms with E-state index < -0.39 is 0 Å². The van der Waals surface area contributed by atoms with Gasteiger partial charge in [-0.15, -0.1) is 0 Å². The van der Waals surface area contributed by atoms with Gasteiger partial charge in [-0.2, -0.15) is 0 Å². The lowest BCUT2D eigenvalue weighted by Crippen LogP contribution is -2.48. The van der Waals surface area contributed by atoms with Crippen molar-refractivity contribution in [2.45, 2.75) is 33.9 Å². The molecule has 0 saturated carbocycles. The minimum atomic E-state index is 0.0383. The van der Waals surface area contributed by atoms with Gasteiger partial charge in [0.15, 0.2) is 0 Å². The maximum absolute atomic E-state index is 13.0. The van der Waals surface area contributed by atoms with Gasteiger partial charge in [-0.25, -0.2) is 4.98 Å². The molecule has 0 spiro atoms. The predicted molar refractivity (Wildman–Crippen MR) is 121 cm³/mol. The van der Waals surface area contributed by atoms with Gasteiger partial charge in [0.05, 0.1) is 33.2 Å². The summed E-state index contributed by atoms with van der Waals surface area (Å²) in [5.74, 6) is 1.55. The molecule has 1 aromatic carbocycles. The first-order chi connectivity index (χ1) is 15.1. The Morgan fingerprint density at radius 3 is 2.45 bits per heavy atom. The van der Waals surface area contributed by atoms with E-state index in [4.69, 9.17) is 14.5 Å². The number of hydrogen-bond acceptors (Lipinski definition) is 7. The maximum Gasteiger partial charge on any atom is 0.259 e. The highest BCUT2D eigenvalue weighted by Gasteiger charge is 2.27. The Bertz CT molecular complexity index is 937. The molecule has 0 radical (unpaired) electrons. The van der Waals surface area contributed by atoms with Gasteiger partial charge < -0.3 is 9.47 Å². The standard InChI is InChI=1S/C23H33N5O3/c1-4-31-21-8-6-20(7-9-21)27-16-26(11-5-10-25-12-14-30-15-13-25)17-28-22(29)18(2)19(3)24-23(27)28/h6-9H,4-5,10-17H2,1-3H3. The van der Waals surface area contributed by atoms with Gasteiger partial charge in [0.1, 0.15) is 5.75 Å². The Labute approximate surface area is 184 Å². The number of rotatable bonds is 7. The molecule has 168 valence electrons. The van der Waals surface area contributed by atoms with Crippen molar-refractivity contribution in [3.63, 3.8) is 0 Å². The Kier molecular flexibility index (Phi) is 6.89. The van der Waals surface area contributed by atoms with Crippen LogP contribution in [0.3, 0.4) is 0 Å². The van der Waals surface area contributed by atoms with Gasteiger partial charge >= 0.3 is 0 Å². The fourth-order valence-electron chi connectivity index (χ4n) is 4.15. The highest BCUT2D eigenvalue weighted by molar-refractivity contribution is 5.59. The topological polar surface area (TPSA) is 63.1 Å². The molecule has 0 bridgehead atoms. The van der Waals surface area contributed by atoms with Crippen LogP contribution in [0.1, 0.15) is 24.6 Å². The minimum Gasteiger partial charge on any atom is -0.494 e. The zero-order valence-electron chi connectivity index (χ0n) is 18.8. The lowest BCUT2D eigenvalue weighted by Gasteiger charge is -2.38. The van der Waals surface area contributed by atoms with Crippen molar-refractivity contribution < 1.29 is 9.47 Å². The second-order valence-corrected chi connectivity index (χ2v) is 8.20. The van der Waals surface area contributed by atoms with Crippen molar-refractivity contribution in [2.24, 2.45) is 0 Å². The van der Waals surface area contributed by atoms with Crippen molar-refractivity contribution in [1.82, 2.24) is 19.4 Å². The number of anilines is 2. The lowest BCUT2D eigenvalue weighted by atomic mass is 10.2. The van der Waals surface area contributed by atoms with Crippen LogP contribution >= 0.6 is 0 Å². The van der Waals surface area contributed by atoms with E-state index in [9.17, 15) is 4.79 Å². The molecule has 2 aromatic rings. The zero-order valence-corrected chi connectivity index (χ0v) is 18.8. The number of aryl methyl sites for hydroxylation is 1. The van der Waals surface area contributed by atoms with Crippen molar-refractivity contribution in [1.29, 1.82) is 0 Å². The Morgan fingerprint density at radius 1 is 1.03 bits per heavy atom. The van der Waals surface area contributed by atoms with E-state index in [1.54, 1.807) is 4.57 Å². The molecule has 1 fully saturated rings. The molecule has 8 heteroatoms. The van der Waals surface area contributed by atoms with Crippen molar-refractivity contribution in [3.05, 3.63) is 45.9 Å². The third-order valence-corrected chi connectivity index (χ3v) is 6.05. The largest absolute Gasteiger partial charge is 0.494 e. The molecule has 1 saturated heterocycles. The van der Waals surface area contributed by atoms with Crippen LogP contribution in [0.25, 0.3) is 0 Å². The number of fused-ring (bicyclic) bond motifs is 1. The molecule has 1 aromatic heterocycles. The molecule has 2 aliphatic heterocycles. The summed E-state index contributed by atoms with van der Waals surface area (Å²) in [5, 5.41) is 0. The molecule has 0 amide bonds. The second-order valence-electron chi connectivity index (χ2n) is 8.20. The highest BCUT2D eigenvalue weighted by atomic mass is 16.5. The number of aromatic nitrogens is 2. The molecular weight excluding hydrogens is 394 g/mol. The molecule has 0 unspecified atom stereocenters. The summed E-state index contributed by atoms with van der Waals surface area (Å²) in [4.78, 5) is 24.7. The predicted octanol–water partition coefficient (Wildman–Crippen LogP) is 2.35. The van der Waals surface area contributed by atoms with Crippen LogP contribution in [-0.4, -0.2) is 72.0 Å². The van der Waals surface area contributed by atoms with Crippen LogP contribution in [0, 0.1) is 13.8 Å². The number of hydrogen-bond donors (Lipinski definition) is 0. The van der Waals surface area contributed by atoms with Gasteiger partial charge in [0, 0.05) is 36.6 Å². The average molecular weight is 428 g/mol. The Balaban J connectivity index is 1.55. The number of morpholine rings is 1. The van der Waals surface area contributed by atoms with Crippen LogP contribution in [0.5, 0.6) is 5.75 Å². The third-order valence-electron chi connectivity index (χ3n) is 6.05. The molecule has 0 aliphatic carbocycles. The summed E-state index contributed by atoms with van der Waals surface area (Å²) in [6, 6.07) is 8.02. The monoisotopic (exact) mass is 427 g/mol. The molecule has 0 atom stereocenters. The summed E-state index contributed by atoms with van der Waals surface area (Å²) in [6.07, 6.45) is 1.06. The summed E-state index contributed by atoms with van der Waals surface area (Å²) in [7, 11) is 0. The van der Waals surface area contributed by atoms with Gasteiger partial charge in [-0.05, 0) is 58.0 Å². The SMILES string of the molecule is CCOc1ccc(N2CN(CCCN3CCOCC3)Cn3c2nc(C)c(C)c3=O)cc1. The smallest absolute Gasteiger partial charge is 0.259 e. The summed E-state index contributed by atoms with van der Waals surface area (Å²) >= 11 is 0. The van der Waals surface area contributed by atoms with E-state index in [1.165, 1.54) is 0 Å². The van der Waals surface area contributed by atoms with Crippen LogP contribution < -0.4 is 15.2 Å². The van der Waals surface area contributed by atoms with E-state index in [2.05, 4.69) is 14.7 Å². The molecule has 8 nitrogen and oxygen atoms in total. The Hall–Kier alpha value is -2.42. The van der Waals surface area contributed by atoms with Crippen LogP contribution in [-0.2, 0) is 11.4 Å². The maximum atomic E-state index is 13.0. The zero-order chi connectivity index (χ0) is 21.8. The fraction of sp³-hybridized carbons (Fsp3) is 0.565. The number of nitrogens with zero attached hydrogens (tertiary/aromatic N) is 5. The Morgan fingerprint density at radius 2 is 1.74 bits per heavy atom. The van der Waals surface area contributed by atoms with Crippen molar-refractivity contribution >= 4 is 11.6 Å². The van der Waals surface area contributed by atoms with E-state index in [0.29, 0.717) is 31.5 Å². The lowest BCUT2D eigenvalue weighted by molar-refractivity contribution is 0.0354. The molecule has 31 heavy (non-hydrogen) atoms. The first kappa shape index (κ1) is 21.8. The molecule has 0 N–H and O–H groups in total. The van der Waals surface area contributed by atoms with Crippen LogP contribution in [0.15, 0.2) is 29.1 Å². The van der Waals surface area contributed by atoms with Gasteiger partial charge in [0.25, 0.3) is 5.56 Å². The molecule has 2 aliphatic rings. The third kappa shape index (κ3) is 4.92. The first-order valence-corrected chi connectivity index (χ1v) is 11.2. The second kappa shape index (κ2) is 9.80. The molecule has 3 heterocycles. The van der Waals surface area contributed by atoms with Crippen LogP contribution in [0.4, 0.5) is 11.6 Å². The minimum absolute atomic E-state index is 0.0383. The normalized spacial score (nSPS) is 17.6. The van der Waals surface area contributed by atoms with E-state index >= 15 is 0 Å². The molecule has 4 rings (SSSR count). The van der Waals surface area contributed by atoms with Crippen LogP contribution in [0.2, 0.25) is 0 Å². The average Bonchev–Trinajstić information content (AvgIpc) is 2.79. The van der Waals surface area contributed by atoms with Crippen molar-refractivity contribution in [3.8, 4) is 5.75 Å². The van der Waals surface area contributed by atoms with Gasteiger partial charge in [-0.3, -0.25) is 24.1 Å². The van der Waals surface area contributed by atoms with Gasteiger partial charge in [0.2, 0.25) is 5.95 Å². The molecular formula is C23H33N5O3. The summed E-state index contributed by atoms with van der Waals surface area (Å²) < 4.78 is 12.8. The first-order valence-electron chi connectivity index (χ1n) is 11.2. The fourth-order valence-corrected chi connectivity index (χ4v) is 4.15. The van der Waals surface area contributed by atoms with E-state index in [0.717, 1.165) is 62.9 Å².